The van der Waals surface area contributed by atoms with Crippen LogP contribution in [0.15, 0.2) is 78.9 Å². The van der Waals surface area contributed by atoms with Crippen molar-refractivity contribution in [3.8, 4) is 11.5 Å². The number of hydrogen-bond donors (Lipinski definition) is 2. The topological polar surface area (TPSA) is 62.3 Å². The minimum absolute atomic E-state index is 0.426. The monoisotopic (exact) mass is 481 g/mol. The molecule has 6 nitrogen and oxygen atoms in total. The summed E-state index contributed by atoms with van der Waals surface area (Å²) < 4.78 is 5.89. The van der Waals surface area contributed by atoms with Crippen molar-refractivity contribution in [2.75, 3.05) is 30.9 Å². The van der Waals surface area contributed by atoms with Crippen molar-refractivity contribution in [2.24, 2.45) is 5.92 Å². The van der Waals surface area contributed by atoms with Crippen LogP contribution < -0.4 is 20.3 Å². The molecule has 1 aliphatic carbocycles. The predicted molar refractivity (Wildman–Crippen MR) is 148 cm³/mol. The molecule has 2 N–H and O–H groups in total. The van der Waals surface area contributed by atoms with E-state index in [9.17, 15) is 0 Å². The lowest BCUT2D eigenvalue weighted by Crippen LogP contribution is -2.31. The van der Waals surface area contributed by atoms with Gasteiger partial charge < -0.3 is 20.3 Å². The molecule has 186 valence electrons. The van der Waals surface area contributed by atoms with Gasteiger partial charge in [-0.25, -0.2) is 4.98 Å². The number of hydrogen-bond acceptors (Lipinski definition) is 6. The fraction of sp³-hybridized carbons (Fsp3) is 0.333. The summed E-state index contributed by atoms with van der Waals surface area (Å²) in [6.07, 6.45) is 4.71. The Kier molecular flexibility index (Phi) is 7.62. The largest absolute Gasteiger partial charge is 0.457 e. The SMILES string of the molecule is CN(C)c1nc(N[C@H]2CC[C@@H](CNCc3ccc(Oc4ccccc4)cc3)CC2)nc2ccccc12. The summed E-state index contributed by atoms with van der Waals surface area (Å²) in [7, 11) is 4.06. The molecule has 4 aromatic rings. The lowest BCUT2D eigenvalue weighted by Gasteiger charge is -2.29. The highest BCUT2D eigenvalue weighted by Crippen LogP contribution is 2.28. The van der Waals surface area contributed by atoms with Gasteiger partial charge in [-0.15, -0.1) is 0 Å². The summed E-state index contributed by atoms with van der Waals surface area (Å²) in [6.45, 7) is 1.92. The number of nitrogens with zero attached hydrogens (tertiary/aromatic N) is 3. The first-order chi connectivity index (χ1) is 17.6. The Morgan fingerprint density at radius 1 is 0.806 bits per heavy atom. The van der Waals surface area contributed by atoms with Crippen LogP contribution >= 0.6 is 0 Å². The molecule has 1 fully saturated rings. The van der Waals surface area contributed by atoms with E-state index in [2.05, 4.69) is 39.8 Å². The normalized spacial score (nSPS) is 17.6. The van der Waals surface area contributed by atoms with Crippen LogP contribution in [-0.4, -0.2) is 36.6 Å². The van der Waals surface area contributed by atoms with Crippen LogP contribution in [0.5, 0.6) is 11.5 Å². The lowest BCUT2D eigenvalue weighted by atomic mass is 9.86. The van der Waals surface area contributed by atoms with Gasteiger partial charge >= 0.3 is 0 Å². The maximum absolute atomic E-state index is 5.89. The third-order valence-corrected chi connectivity index (χ3v) is 6.85. The first-order valence-corrected chi connectivity index (χ1v) is 12.9. The fourth-order valence-corrected chi connectivity index (χ4v) is 4.88. The van der Waals surface area contributed by atoms with Crippen LogP contribution in [0.2, 0.25) is 0 Å². The van der Waals surface area contributed by atoms with Gasteiger partial charge in [-0.3, -0.25) is 0 Å². The number of anilines is 2. The number of para-hydroxylation sites is 2. The molecule has 0 aliphatic heterocycles. The first-order valence-electron chi connectivity index (χ1n) is 12.9. The second-order valence-corrected chi connectivity index (χ2v) is 9.83. The third kappa shape index (κ3) is 6.13. The average Bonchev–Trinajstić information content (AvgIpc) is 2.91. The zero-order valence-electron chi connectivity index (χ0n) is 21.2. The van der Waals surface area contributed by atoms with E-state index in [1.165, 1.54) is 18.4 Å². The molecule has 5 rings (SSSR count). The minimum Gasteiger partial charge on any atom is -0.457 e. The number of rotatable bonds is 9. The lowest BCUT2D eigenvalue weighted by molar-refractivity contribution is 0.324. The Morgan fingerprint density at radius 3 is 2.25 bits per heavy atom. The van der Waals surface area contributed by atoms with Crippen molar-refractivity contribution >= 4 is 22.7 Å². The van der Waals surface area contributed by atoms with E-state index in [-0.39, 0.29) is 0 Å². The molecule has 0 bridgehead atoms. The highest BCUT2D eigenvalue weighted by molar-refractivity contribution is 5.90. The Morgan fingerprint density at radius 2 is 1.50 bits per heavy atom. The molecular weight excluding hydrogens is 446 g/mol. The summed E-state index contributed by atoms with van der Waals surface area (Å²) in [6, 6.07) is 26.9. The van der Waals surface area contributed by atoms with Crippen LogP contribution in [0.1, 0.15) is 31.2 Å². The molecule has 1 aliphatic rings. The maximum atomic E-state index is 5.89. The van der Waals surface area contributed by atoms with Crippen LogP contribution in [-0.2, 0) is 6.54 Å². The van der Waals surface area contributed by atoms with Crippen molar-refractivity contribution in [3.05, 3.63) is 84.4 Å². The Labute approximate surface area is 213 Å². The zero-order chi connectivity index (χ0) is 24.7. The summed E-state index contributed by atoms with van der Waals surface area (Å²) in [5.41, 5.74) is 2.26. The van der Waals surface area contributed by atoms with Gasteiger partial charge in [-0.05, 0) is 80.1 Å². The van der Waals surface area contributed by atoms with E-state index < -0.39 is 0 Å². The molecule has 1 saturated carbocycles. The van der Waals surface area contributed by atoms with Crippen molar-refractivity contribution in [1.82, 2.24) is 15.3 Å². The highest BCUT2D eigenvalue weighted by atomic mass is 16.5. The van der Waals surface area contributed by atoms with Crippen molar-refractivity contribution in [3.63, 3.8) is 0 Å². The molecular formula is C30H35N5O. The number of nitrogens with one attached hydrogen (secondary N) is 2. The molecule has 0 spiro atoms. The van der Waals surface area contributed by atoms with E-state index in [1.54, 1.807) is 0 Å². The quantitative estimate of drug-likeness (QED) is 0.295. The number of benzene rings is 3. The molecule has 6 heteroatoms. The number of aromatic nitrogens is 2. The predicted octanol–water partition coefficient (Wildman–Crippen LogP) is 6.25. The number of fused-ring (bicyclic) bond motifs is 1. The minimum atomic E-state index is 0.426. The summed E-state index contributed by atoms with van der Waals surface area (Å²) in [4.78, 5) is 11.6. The van der Waals surface area contributed by atoms with E-state index in [0.29, 0.717) is 12.0 Å². The fourth-order valence-electron chi connectivity index (χ4n) is 4.88. The van der Waals surface area contributed by atoms with Gasteiger partial charge in [0.2, 0.25) is 5.95 Å². The van der Waals surface area contributed by atoms with Crippen LogP contribution in [0, 0.1) is 5.92 Å². The maximum Gasteiger partial charge on any atom is 0.225 e. The highest BCUT2D eigenvalue weighted by Gasteiger charge is 2.22. The molecule has 0 radical (unpaired) electrons. The van der Waals surface area contributed by atoms with E-state index in [0.717, 1.165) is 60.1 Å². The van der Waals surface area contributed by atoms with Crippen LogP contribution in [0.25, 0.3) is 10.9 Å². The summed E-state index contributed by atoms with van der Waals surface area (Å²) in [5.74, 6) is 4.13. The molecule has 0 atom stereocenters. The third-order valence-electron chi connectivity index (χ3n) is 6.85. The second-order valence-electron chi connectivity index (χ2n) is 9.83. The van der Waals surface area contributed by atoms with E-state index >= 15 is 0 Å². The summed E-state index contributed by atoms with van der Waals surface area (Å²) >= 11 is 0. The van der Waals surface area contributed by atoms with E-state index in [4.69, 9.17) is 14.7 Å². The molecule has 0 saturated heterocycles. The van der Waals surface area contributed by atoms with Gasteiger partial charge in [-0.2, -0.15) is 4.98 Å². The Balaban J connectivity index is 1.07. The van der Waals surface area contributed by atoms with Crippen LogP contribution in [0.3, 0.4) is 0 Å². The van der Waals surface area contributed by atoms with Crippen molar-refractivity contribution in [1.29, 1.82) is 0 Å². The molecule has 1 heterocycles. The molecule has 36 heavy (non-hydrogen) atoms. The van der Waals surface area contributed by atoms with Gasteiger partial charge in [0.15, 0.2) is 0 Å². The standard InChI is InChI=1S/C30H35N5O/c1-35(2)29-27-10-6-7-11-28(27)33-30(34-29)32-24-16-12-22(13-17-24)20-31-21-23-14-18-26(19-15-23)36-25-8-4-3-5-9-25/h3-11,14-15,18-19,22,24,31H,12-13,16-17,20-21H2,1-2H3,(H,32,33,34)/t22-,24+. The molecule has 0 unspecified atom stereocenters. The van der Waals surface area contributed by atoms with E-state index in [1.807, 2.05) is 68.7 Å². The Hall–Kier alpha value is -3.64. The molecule has 0 amide bonds. The van der Waals surface area contributed by atoms with Crippen molar-refractivity contribution < 1.29 is 4.74 Å². The molecule has 3 aromatic carbocycles. The zero-order valence-corrected chi connectivity index (χ0v) is 21.2. The Bertz CT molecular complexity index is 1250. The molecule has 1 aromatic heterocycles. The average molecular weight is 482 g/mol. The van der Waals surface area contributed by atoms with Gasteiger partial charge in [0.25, 0.3) is 0 Å². The van der Waals surface area contributed by atoms with Gasteiger partial charge in [0, 0.05) is 32.1 Å². The number of ether oxygens (including phenoxy) is 1. The smallest absolute Gasteiger partial charge is 0.225 e. The van der Waals surface area contributed by atoms with Gasteiger partial charge in [0.05, 0.1) is 5.52 Å². The van der Waals surface area contributed by atoms with Gasteiger partial charge in [0.1, 0.15) is 17.3 Å². The van der Waals surface area contributed by atoms with Crippen LogP contribution in [0.4, 0.5) is 11.8 Å². The second kappa shape index (κ2) is 11.4. The van der Waals surface area contributed by atoms with Gasteiger partial charge in [-0.1, -0.05) is 42.5 Å². The first kappa shape index (κ1) is 24.1. The van der Waals surface area contributed by atoms with Crippen molar-refractivity contribution in [2.45, 2.75) is 38.3 Å². The summed E-state index contributed by atoms with van der Waals surface area (Å²) in [5, 5.41) is 8.35.